The van der Waals surface area contributed by atoms with Crippen LogP contribution in [0.3, 0.4) is 0 Å². The summed E-state index contributed by atoms with van der Waals surface area (Å²) in [4.78, 5) is 23.7. The highest BCUT2D eigenvalue weighted by molar-refractivity contribution is 7.13. The molecule has 0 saturated carbocycles. The molecule has 0 aliphatic carbocycles. The first kappa shape index (κ1) is 18.7. The van der Waals surface area contributed by atoms with Crippen LogP contribution in [0.5, 0.6) is 0 Å². The van der Waals surface area contributed by atoms with E-state index in [1.165, 1.54) is 11.3 Å². The number of imidazole rings is 1. The number of aromatic nitrogens is 3. The summed E-state index contributed by atoms with van der Waals surface area (Å²) in [5, 5.41) is 3.27. The van der Waals surface area contributed by atoms with Gasteiger partial charge in [0.1, 0.15) is 16.5 Å². The Balaban J connectivity index is 1.55. The highest BCUT2D eigenvalue weighted by atomic mass is 35.5. The van der Waals surface area contributed by atoms with Crippen molar-refractivity contribution in [3.05, 3.63) is 70.5 Å². The SMILES string of the molecule is CCn1c(CN(C)C(=O)c2csc(-c3ccc(Cl)cc3)n2)nc2ccccc21. The van der Waals surface area contributed by atoms with Crippen LogP contribution in [0.4, 0.5) is 0 Å². The number of benzene rings is 2. The van der Waals surface area contributed by atoms with Crippen LogP contribution in [0.25, 0.3) is 21.6 Å². The molecule has 0 spiro atoms. The van der Waals surface area contributed by atoms with Gasteiger partial charge in [-0.25, -0.2) is 9.97 Å². The molecule has 4 rings (SSSR count). The number of carbonyl (C=O) groups excluding carboxylic acids is 1. The minimum atomic E-state index is -0.119. The summed E-state index contributed by atoms with van der Waals surface area (Å²) >= 11 is 7.39. The van der Waals surface area contributed by atoms with Crippen molar-refractivity contribution in [3.63, 3.8) is 0 Å². The fourth-order valence-electron chi connectivity index (χ4n) is 3.18. The molecule has 4 aromatic rings. The van der Waals surface area contributed by atoms with Crippen LogP contribution in [0.15, 0.2) is 53.9 Å². The monoisotopic (exact) mass is 410 g/mol. The van der Waals surface area contributed by atoms with Crippen molar-refractivity contribution in [1.29, 1.82) is 0 Å². The summed E-state index contributed by atoms with van der Waals surface area (Å²) in [7, 11) is 1.78. The summed E-state index contributed by atoms with van der Waals surface area (Å²) in [6.07, 6.45) is 0. The molecule has 2 aromatic carbocycles. The van der Waals surface area contributed by atoms with E-state index >= 15 is 0 Å². The maximum Gasteiger partial charge on any atom is 0.273 e. The zero-order valence-corrected chi connectivity index (χ0v) is 17.2. The largest absolute Gasteiger partial charge is 0.333 e. The Morgan fingerprint density at radius 1 is 1.14 bits per heavy atom. The van der Waals surface area contributed by atoms with Gasteiger partial charge in [-0.15, -0.1) is 11.3 Å². The molecule has 7 heteroatoms. The van der Waals surface area contributed by atoms with E-state index in [9.17, 15) is 4.79 Å². The van der Waals surface area contributed by atoms with Gasteiger partial charge in [-0.3, -0.25) is 4.79 Å². The van der Waals surface area contributed by atoms with E-state index < -0.39 is 0 Å². The van der Waals surface area contributed by atoms with Gasteiger partial charge < -0.3 is 9.47 Å². The predicted molar refractivity (Wildman–Crippen MR) is 114 cm³/mol. The lowest BCUT2D eigenvalue weighted by molar-refractivity contribution is 0.0775. The van der Waals surface area contributed by atoms with Gasteiger partial charge >= 0.3 is 0 Å². The van der Waals surface area contributed by atoms with Crippen LogP contribution in [0.2, 0.25) is 5.02 Å². The number of fused-ring (bicyclic) bond motifs is 1. The Labute approximate surface area is 172 Å². The molecule has 142 valence electrons. The third-order valence-electron chi connectivity index (χ3n) is 4.59. The molecule has 0 fully saturated rings. The zero-order valence-electron chi connectivity index (χ0n) is 15.6. The minimum Gasteiger partial charge on any atom is -0.333 e. The van der Waals surface area contributed by atoms with E-state index in [0.29, 0.717) is 17.3 Å². The second-order valence-electron chi connectivity index (χ2n) is 6.47. The third-order valence-corrected chi connectivity index (χ3v) is 5.73. The van der Waals surface area contributed by atoms with Crippen molar-refractivity contribution < 1.29 is 4.79 Å². The lowest BCUT2D eigenvalue weighted by Crippen LogP contribution is -2.28. The van der Waals surface area contributed by atoms with Gasteiger partial charge in [0.15, 0.2) is 0 Å². The van der Waals surface area contributed by atoms with Crippen molar-refractivity contribution >= 4 is 39.9 Å². The Morgan fingerprint density at radius 2 is 1.89 bits per heavy atom. The van der Waals surface area contributed by atoms with Gasteiger partial charge in [-0.2, -0.15) is 0 Å². The van der Waals surface area contributed by atoms with E-state index in [4.69, 9.17) is 16.6 Å². The van der Waals surface area contributed by atoms with Gasteiger partial charge in [-0.05, 0) is 31.2 Å². The first-order valence-electron chi connectivity index (χ1n) is 8.98. The van der Waals surface area contributed by atoms with Crippen molar-refractivity contribution in [2.24, 2.45) is 0 Å². The standard InChI is InChI=1S/C21H19ClN4OS/c1-3-26-18-7-5-4-6-16(18)23-19(26)12-25(2)21(27)17-13-28-20(24-17)14-8-10-15(22)11-9-14/h4-11,13H,3,12H2,1-2H3. The number of hydrogen-bond acceptors (Lipinski definition) is 4. The summed E-state index contributed by atoms with van der Waals surface area (Å²) in [5.74, 6) is 0.749. The maximum absolute atomic E-state index is 12.9. The van der Waals surface area contributed by atoms with E-state index in [1.54, 1.807) is 17.3 Å². The molecule has 0 saturated heterocycles. The normalized spacial score (nSPS) is 11.1. The number of hydrogen-bond donors (Lipinski definition) is 0. The van der Waals surface area contributed by atoms with Gasteiger partial charge in [0.05, 0.1) is 17.6 Å². The van der Waals surface area contributed by atoms with E-state index in [2.05, 4.69) is 22.5 Å². The second kappa shape index (κ2) is 7.73. The average molecular weight is 411 g/mol. The molecule has 0 unspecified atom stereocenters. The quantitative estimate of drug-likeness (QED) is 0.459. The fraction of sp³-hybridized carbons (Fsp3) is 0.190. The number of amides is 1. The average Bonchev–Trinajstić information content (AvgIpc) is 3.32. The Hall–Kier alpha value is -2.70. The minimum absolute atomic E-state index is 0.119. The molecule has 2 aromatic heterocycles. The lowest BCUT2D eigenvalue weighted by atomic mass is 10.2. The number of para-hydroxylation sites is 2. The topological polar surface area (TPSA) is 51.0 Å². The number of nitrogens with zero attached hydrogens (tertiary/aromatic N) is 4. The maximum atomic E-state index is 12.9. The molecule has 0 N–H and O–H groups in total. The molecular formula is C21H19ClN4OS. The third kappa shape index (κ3) is 3.53. The molecule has 0 aliphatic rings. The highest BCUT2D eigenvalue weighted by Crippen LogP contribution is 2.26. The van der Waals surface area contributed by atoms with E-state index in [0.717, 1.165) is 34.0 Å². The van der Waals surface area contributed by atoms with Crippen LogP contribution in [0, 0.1) is 0 Å². The van der Waals surface area contributed by atoms with E-state index in [-0.39, 0.29) is 5.91 Å². The second-order valence-corrected chi connectivity index (χ2v) is 7.76. The van der Waals surface area contributed by atoms with E-state index in [1.807, 2.05) is 42.5 Å². The van der Waals surface area contributed by atoms with Gasteiger partial charge in [-0.1, -0.05) is 35.9 Å². The van der Waals surface area contributed by atoms with Crippen molar-refractivity contribution in [2.45, 2.75) is 20.0 Å². The number of thiazole rings is 1. The van der Waals surface area contributed by atoms with Crippen LogP contribution in [-0.4, -0.2) is 32.4 Å². The molecule has 0 radical (unpaired) electrons. The summed E-state index contributed by atoms with van der Waals surface area (Å²) < 4.78 is 2.14. The first-order chi connectivity index (χ1) is 13.6. The highest BCUT2D eigenvalue weighted by Gasteiger charge is 2.19. The molecule has 0 atom stereocenters. The van der Waals surface area contributed by atoms with Crippen LogP contribution in [0.1, 0.15) is 23.2 Å². The van der Waals surface area contributed by atoms with Crippen molar-refractivity contribution in [3.8, 4) is 10.6 Å². The molecular weight excluding hydrogens is 392 g/mol. The molecule has 0 bridgehead atoms. The number of carbonyl (C=O) groups is 1. The zero-order chi connectivity index (χ0) is 19.7. The van der Waals surface area contributed by atoms with Crippen molar-refractivity contribution in [2.75, 3.05) is 7.05 Å². The Kier molecular flexibility index (Phi) is 5.15. The fourth-order valence-corrected chi connectivity index (χ4v) is 4.10. The first-order valence-corrected chi connectivity index (χ1v) is 10.2. The lowest BCUT2D eigenvalue weighted by Gasteiger charge is -2.16. The molecule has 5 nitrogen and oxygen atoms in total. The smallest absolute Gasteiger partial charge is 0.273 e. The molecule has 0 aliphatic heterocycles. The van der Waals surface area contributed by atoms with Gasteiger partial charge in [0.2, 0.25) is 0 Å². The molecule has 2 heterocycles. The number of halogens is 1. The summed E-state index contributed by atoms with van der Waals surface area (Å²) in [6, 6.07) is 15.5. The number of aryl methyl sites for hydroxylation is 1. The summed E-state index contributed by atoms with van der Waals surface area (Å²) in [5.41, 5.74) is 3.42. The predicted octanol–water partition coefficient (Wildman–Crippen LogP) is 5.11. The summed E-state index contributed by atoms with van der Waals surface area (Å²) in [6.45, 7) is 3.31. The van der Waals surface area contributed by atoms with Gasteiger partial charge in [0, 0.05) is 29.6 Å². The van der Waals surface area contributed by atoms with Crippen LogP contribution < -0.4 is 0 Å². The van der Waals surface area contributed by atoms with Crippen LogP contribution in [-0.2, 0) is 13.1 Å². The van der Waals surface area contributed by atoms with Crippen LogP contribution >= 0.6 is 22.9 Å². The van der Waals surface area contributed by atoms with Gasteiger partial charge in [0.25, 0.3) is 5.91 Å². The molecule has 28 heavy (non-hydrogen) atoms. The molecule has 1 amide bonds. The number of rotatable bonds is 5. The van der Waals surface area contributed by atoms with Crippen molar-refractivity contribution in [1.82, 2.24) is 19.4 Å². The Bertz CT molecular complexity index is 1130. The Morgan fingerprint density at radius 3 is 2.64 bits per heavy atom.